The Morgan fingerprint density at radius 1 is 0.403 bits per heavy atom. The van der Waals surface area contributed by atoms with Gasteiger partial charge in [0.05, 0.1) is 11.4 Å². The molecule has 0 amide bonds. The van der Waals surface area contributed by atoms with Gasteiger partial charge in [-0.1, -0.05) is 149 Å². The SMILES string of the molecule is Cc1cc(C2CCCCC2)c(-n2ccnc2-c2cccc(N(C)c3cccc(-c4nccn4-c4c(C5CCCCC5)cc(-c5ccccc5)cc4C4CCCCC4)c3)c2)c(C2CCCCC2)c1. The van der Waals surface area contributed by atoms with Crippen molar-refractivity contribution in [2.24, 2.45) is 0 Å². The molecule has 5 nitrogen and oxygen atoms in total. The Kier molecular flexibility index (Phi) is 13.0. The predicted octanol–water partition coefficient (Wildman–Crippen LogP) is 17.3. The Morgan fingerprint density at radius 2 is 0.776 bits per heavy atom. The van der Waals surface area contributed by atoms with Gasteiger partial charge in [-0.2, -0.15) is 0 Å². The first-order valence-corrected chi connectivity index (χ1v) is 26.5. The molecule has 2 aromatic heterocycles. The maximum absolute atomic E-state index is 5.20. The summed E-state index contributed by atoms with van der Waals surface area (Å²) in [4.78, 5) is 12.7. The Morgan fingerprint density at radius 3 is 1.18 bits per heavy atom. The molecule has 0 atom stereocenters. The van der Waals surface area contributed by atoms with Crippen molar-refractivity contribution in [2.75, 3.05) is 11.9 Å². The van der Waals surface area contributed by atoms with Crippen molar-refractivity contribution >= 4 is 11.4 Å². The van der Waals surface area contributed by atoms with E-state index in [1.165, 1.54) is 168 Å². The number of aryl methyl sites for hydroxylation is 1. The van der Waals surface area contributed by atoms with Crippen LogP contribution >= 0.6 is 0 Å². The van der Waals surface area contributed by atoms with Crippen LogP contribution in [-0.2, 0) is 0 Å². The molecule has 5 aromatic carbocycles. The van der Waals surface area contributed by atoms with Crippen molar-refractivity contribution in [3.8, 4) is 45.3 Å². The summed E-state index contributed by atoms with van der Waals surface area (Å²) in [7, 11) is 2.21. The molecule has 0 aliphatic heterocycles. The molecule has 7 aromatic rings. The first kappa shape index (κ1) is 43.9. The fourth-order valence-corrected chi connectivity index (χ4v) is 13.0. The highest BCUT2D eigenvalue weighted by Gasteiger charge is 2.30. The molecule has 4 aliphatic carbocycles. The number of anilines is 2. The molecule has 4 aliphatic rings. The first-order valence-electron chi connectivity index (χ1n) is 26.5. The lowest BCUT2D eigenvalue weighted by Crippen LogP contribution is -2.15. The maximum atomic E-state index is 5.20. The normalized spacial score (nSPS) is 18.1. The van der Waals surface area contributed by atoms with E-state index in [2.05, 4.69) is 144 Å². The van der Waals surface area contributed by atoms with Crippen LogP contribution in [0.2, 0.25) is 0 Å². The summed E-state index contributed by atoms with van der Waals surface area (Å²) in [5.74, 6) is 4.36. The molecule has 0 radical (unpaired) electrons. The van der Waals surface area contributed by atoms with Gasteiger partial charge in [0.1, 0.15) is 11.6 Å². The summed E-state index contributed by atoms with van der Waals surface area (Å²) in [6.07, 6.45) is 34.7. The van der Waals surface area contributed by atoms with E-state index in [-0.39, 0.29) is 0 Å². The van der Waals surface area contributed by atoms with Gasteiger partial charge < -0.3 is 4.90 Å². The molecular weight excluding hydrogens is 815 g/mol. The lowest BCUT2D eigenvalue weighted by Gasteiger charge is -2.31. The van der Waals surface area contributed by atoms with E-state index in [0.717, 1.165) is 34.2 Å². The standard InChI is InChI=1S/C62H71N5/c1-44-38-55(46-22-10-4-11-23-46)59(56(39-44)47-24-12-5-13-25-47)66-36-34-63-61(66)50-30-18-32-53(40-50)65(2)54-33-19-31-51(41-54)62-64-35-37-67(62)60-57(48-26-14-6-15-27-48)42-52(45-20-8-3-9-21-45)43-58(60)49-28-16-7-17-29-49/h3,8-9,18-21,30-43,46-49H,4-7,10-17,22-29H2,1-2H3. The molecule has 2 heterocycles. The minimum atomic E-state index is 0.550. The Bertz CT molecular complexity index is 2690. The minimum absolute atomic E-state index is 0.550. The average Bonchev–Trinajstić information content (AvgIpc) is 4.10. The highest BCUT2D eigenvalue weighted by Crippen LogP contribution is 2.47. The molecule has 4 fully saturated rings. The minimum Gasteiger partial charge on any atom is -0.345 e. The number of rotatable bonds is 11. The van der Waals surface area contributed by atoms with E-state index < -0.39 is 0 Å². The van der Waals surface area contributed by atoms with Crippen LogP contribution in [-0.4, -0.2) is 26.1 Å². The maximum Gasteiger partial charge on any atom is 0.144 e. The third kappa shape index (κ3) is 9.08. The number of nitrogens with zero attached hydrogens (tertiary/aromatic N) is 5. The zero-order chi connectivity index (χ0) is 45.1. The number of aromatic nitrogens is 4. The van der Waals surface area contributed by atoms with E-state index in [0.29, 0.717) is 23.7 Å². The number of hydrogen-bond acceptors (Lipinski definition) is 3. The van der Waals surface area contributed by atoms with Crippen molar-refractivity contribution < 1.29 is 0 Å². The van der Waals surface area contributed by atoms with Crippen molar-refractivity contribution in [1.29, 1.82) is 0 Å². The molecule has 0 saturated heterocycles. The Labute approximate surface area is 400 Å². The van der Waals surface area contributed by atoms with Crippen LogP contribution < -0.4 is 4.90 Å². The second kappa shape index (κ2) is 19.9. The summed E-state index contributed by atoms with van der Waals surface area (Å²) < 4.78 is 4.96. The zero-order valence-electron chi connectivity index (χ0n) is 40.3. The van der Waals surface area contributed by atoms with E-state index in [1.807, 2.05) is 12.4 Å². The number of imidazole rings is 2. The van der Waals surface area contributed by atoms with Crippen LogP contribution in [0.3, 0.4) is 0 Å². The van der Waals surface area contributed by atoms with Crippen molar-refractivity contribution in [3.63, 3.8) is 0 Å². The number of hydrogen-bond donors (Lipinski definition) is 0. The van der Waals surface area contributed by atoms with E-state index in [1.54, 1.807) is 11.1 Å². The predicted molar refractivity (Wildman–Crippen MR) is 280 cm³/mol. The Hall–Kier alpha value is -5.68. The van der Waals surface area contributed by atoms with Crippen molar-refractivity contribution in [3.05, 3.63) is 156 Å². The van der Waals surface area contributed by atoms with Gasteiger partial charge in [0.25, 0.3) is 0 Å². The van der Waals surface area contributed by atoms with Crippen LogP contribution in [0.15, 0.2) is 128 Å². The van der Waals surface area contributed by atoms with Gasteiger partial charge in [-0.15, -0.1) is 0 Å². The molecule has 67 heavy (non-hydrogen) atoms. The summed E-state index contributed by atoms with van der Waals surface area (Å²) >= 11 is 0. The van der Waals surface area contributed by atoms with Gasteiger partial charge in [-0.25, -0.2) is 9.97 Å². The molecule has 0 N–H and O–H groups in total. The van der Waals surface area contributed by atoms with E-state index in [9.17, 15) is 0 Å². The number of benzene rings is 5. The molecule has 5 heteroatoms. The summed E-state index contributed by atoms with van der Waals surface area (Å²) in [5.41, 5.74) is 17.6. The largest absolute Gasteiger partial charge is 0.345 e. The van der Waals surface area contributed by atoms with Crippen molar-refractivity contribution in [1.82, 2.24) is 19.1 Å². The second-order valence-corrected chi connectivity index (χ2v) is 20.9. The molecule has 344 valence electrons. The third-order valence-corrected chi connectivity index (χ3v) is 16.5. The van der Waals surface area contributed by atoms with Crippen LogP contribution in [0, 0.1) is 6.92 Å². The smallest absolute Gasteiger partial charge is 0.144 e. The van der Waals surface area contributed by atoms with Crippen molar-refractivity contribution in [2.45, 2.75) is 159 Å². The van der Waals surface area contributed by atoms with Crippen LogP contribution in [0.1, 0.15) is 180 Å². The molecule has 0 bridgehead atoms. The van der Waals surface area contributed by atoms with E-state index in [4.69, 9.17) is 9.97 Å². The van der Waals surface area contributed by atoms with Gasteiger partial charge >= 0.3 is 0 Å². The summed E-state index contributed by atoms with van der Waals surface area (Å²) in [6, 6.07) is 39.4. The summed E-state index contributed by atoms with van der Waals surface area (Å²) in [5, 5.41) is 0. The van der Waals surface area contributed by atoms with Crippen LogP contribution in [0.4, 0.5) is 11.4 Å². The lowest BCUT2D eigenvalue weighted by molar-refractivity contribution is 0.433. The fourth-order valence-electron chi connectivity index (χ4n) is 13.0. The second-order valence-electron chi connectivity index (χ2n) is 20.9. The highest BCUT2D eigenvalue weighted by molar-refractivity contribution is 5.75. The van der Waals surface area contributed by atoms with Gasteiger partial charge in [-0.3, -0.25) is 9.13 Å². The van der Waals surface area contributed by atoms with Crippen LogP contribution in [0.25, 0.3) is 45.3 Å². The van der Waals surface area contributed by atoms with Gasteiger partial charge in [-0.05, 0) is 152 Å². The Balaban J connectivity index is 0.961. The van der Waals surface area contributed by atoms with E-state index >= 15 is 0 Å². The molecule has 0 spiro atoms. The highest BCUT2D eigenvalue weighted by atomic mass is 15.1. The monoisotopic (exact) mass is 886 g/mol. The topological polar surface area (TPSA) is 38.9 Å². The third-order valence-electron chi connectivity index (χ3n) is 16.5. The zero-order valence-corrected chi connectivity index (χ0v) is 40.3. The lowest BCUT2D eigenvalue weighted by atomic mass is 9.77. The molecule has 11 rings (SSSR count). The summed E-state index contributed by atoms with van der Waals surface area (Å²) in [6.45, 7) is 2.33. The fraction of sp³-hybridized carbons (Fsp3) is 0.419. The van der Waals surface area contributed by atoms with Gasteiger partial charge in [0.2, 0.25) is 0 Å². The first-order chi connectivity index (χ1) is 33.1. The average molecular weight is 886 g/mol. The quantitative estimate of drug-likeness (QED) is 0.130. The van der Waals surface area contributed by atoms with Crippen LogP contribution in [0.5, 0.6) is 0 Å². The molecular formula is C62H71N5. The van der Waals surface area contributed by atoms with Gasteiger partial charge in [0, 0.05) is 54.3 Å². The van der Waals surface area contributed by atoms with Gasteiger partial charge in [0.15, 0.2) is 0 Å². The molecule has 0 unspecified atom stereocenters. The molecule has 4 saturated carbocycles.